The number of nitrogens with one attached hydrogen (secondary N) is 1. The van der Waals surface area contributed by atoms with Gasteiger partial charge in [0.1, 0.15) is 5.82 Å². The smallest absolute Gasteiger partial charge is 0.322 e. The normalized spacial score (nSPS) is 15.0. The third-order valence-electron chi connectivity index (χ3n) is 5.56. The van der Waals surface area contributed by atoms with Crippen LogP contribution in [0.2, 0.25) is 0 Å². The summed E-state index contributed by atoms with van der Waals surface area (Å²) in [7, 11) is 0. The molecule has 0 aromatic heterocycles. The quantitative estimate of drug-likeness (QED) is 0.685. The van der Waals surface area contributed by atoms with Gasteiger partial charge in [0.15, 0.2) is 0 Å². The number of hydrogen-bond acceptors (Lipinski definition) is 3. The maximum Gasteiger partial charge on any atom is 0.322 e. The van der Waals surface area contributed by atoms with E-state index in [4.69, 9.17) is 4.74 Å². The van der Waals surface area contributed by atoms with Gasteiger partial charge in [0.25, 0.3) is 0 Å². The molecule has 2 aromatic rings. The summed E-state index contributed by atoms with van der Waals surface area (Å²) in [6, 6.07) is 14.2. The third kappa shape index (κ3) is 7.33. The van der Waals surface area contributed by atoms with Crippen LogP contribution in [-0.4, -0.2) is 55.2 Å². The van der Waals surface area contributed by atoms with E-state index in [0.717, 1.165) is 44.8 Å². The summed E-state index contributed by atoms with van der Waals surface area (Å²) in [5.74, 6) is -0.366. The largest absolute Gasteiger partial charge is 0.379 e. The lowest BCUT2D eigenvalue weighted by atomic mass is 9.87. The predicted molar refractivity (Wildman–Crippen MR) is 123 cm³/mol. The molecule has 2 aromatic carbocycles. The fraction of sp³-hybridized carbons (Fsp3) is 0.480. The van der Waals surface area contributed by atoms with Crippen molar-refractivity contribution in [2.75, 3.05) is 44.7 Å². The van der Waals surface area contributed by atoms with Gasteiger partial charge in [-0.15, -0.1) is 0 Å². The summed E-state index contributed by atoms with van der Waals surface area (Å²) in [6.45, 7) is 12.0. The third-order valence-corrected chi connectivity index (χ3v) is 5.56. The average Bonchev–Trinajstić information content (AvgIpc) is 2.73. The second-order valence-corrected chi connectivity index (χ2v) is 9.12. The molecule has 1 saturated heterocycles. The highest BCUT2D eigenvalue weighted by molar-refractivity contribution is 5.89. The molecule has 0 radical (unpaired) electrons. The standard InChI is InChI=1S/C25H34FN3O2/c1-25(2,3)21-10-8-20(9-11-21)19-29(13-5-12-28-14-16-31-17-15-28)24(30)27-23-7-4-6-22(26)18-23/h4,6-11,18H,5,12-17,19H2,1-3H3,(H,27,30). The monoisotopic (exact) mass is 427 g/mol. The number of rotatable bonds is 7. The van der Waals surface area contributed by atoms with Crippen LogP contribution in [0, 0.1) is 5.82 Å². The van der Waals surface area contributed by atoms with Crippen molar-refractivity contribution in [3.63, 3.8) is 0 Å². The Labute approximate surface area is 185 Å². The van der Waals surface area contributed by atoms with Crippen LogP contribution in [0.1, 0.15) is 38.3 Å². The lowest BCUT2D eigenvalue weighted by Gasteiger charge is -2.28. The van der Waals surface area contributed by atoms with E-state index in [0.29, 0.717) is 18.8 Å². The van der Waals surface area contributed by atoms with Crippen molar-refractivity contribution in [1.29, 1.82) is 0 Å². The van der Waals surface area contributed by atoms with Crippen LogP contribution in [0.15, 0.2) is 48.5 Å². The molecule has 1 N–H and O–H groups in total. The molecule has 31 heavy (non-hydrogen) atoms. The minimum Gasteiger partial charge on any atom is -0.379 e. The van der Waals surface area contributed by atoms with Gasteiger partial charge in [-0.3, -0.25) is 4.90 Å². The predicted octanol–water partition coefficient (Wildman–Crippen LogP) is 4.88. The van der Waals surface area contributed by atoms with Crippen LogP contribution in [0.3, 0.4) is 0 Å². The molecule has 0 saturated carbocycles. The minimum atomic E-state index is -0.366. The molecule has 1 fully saturated rings. The van der Waals surface area contributed by atoms with Crippen molar-refractivity contribution < 1.29 is 13.9 Å². The van der Waals surface area contributed by atoms with Crippen LogP contribution in [0.4, 0.5) is 14.9 Å². The van der Waals surface area contributed by atoms with Crippen LogP contribution in [-0.2, 0) is 16.7 Å². The number of ether oxygens (including phenoxy) is 1. The molecule has 1 aliphatic heterocycles. The fourth-order valence-electron chi connectivity index (χ4n) is 3.66. The van der Waals surface area contributed by atoms with Crippen LogP contribution in [0.25, 0.3) is 0 Å². The van der Waals surface area contributed by atoms with Crippen molar-refractivity contribution in [1.82, 2.24) is 9.80 Å². The molecular formula is C25H34FN3O2. The van der Waals surface area contributed by atoms with E-state index < -0.39 is 0 Å². The average molecular weight is 428 g/mol. The van der Waals surface area contributed by atoms with Crippen LogP contribution >= 0.6 is 0 Å². The van der Waals surface area contributed by atoms with Gasteiger partial charge in [-0.25, -0.2) is 9.18 Å². The van der Waals surface area contributed by atoms with Crippen LogP contribution in [0.5, 0.6) is 0 Å². The molecule has 0 atom stereocenters. The second-order valence-electron chi connectivity index (χ2n) is 9.12. The molecule has 168 valence electrons. The number of carbonyl (C=O) groups is 1. The number of hydrogen-bond donors (Lipinski definition) is 1. The Morgan fingerprint density at radius 1 is 1.13 bits per heavy atom. The molecular weight excluding hydrogens is 393 g/mol. The first-order valence-corrected chi connectivity index (χ1v) is 11.0. The number of benzene rings is 2. The first kappa shape index (κ1) is 23.2. The summed E-state index contributed by atoms with van der Waals surface area (Å²) >= 11 is 0. The number of carbonyl (C=O) groups excluding carboxylic acids is 1. The van der Waals surface area contributed by atoms with Gasteiger partial charge in [0.05, 0.1) is 13.2 Å². The molecule has 6 heteroatoms. The molecule has 0 unspecified atom stereocenters. The van der Waals surface area contributed by atoms with E-state index in [9.17, 15) is 9.18 Å². The van der Waals surface area contributed by atoms with E-state index in [2.05, 4.69) is 55.3 Å². The van der Waals surface area contributed by atoms with Gasteiger partial charge in [-0.2, -0.15) is 0 Å². The zero-order chi connectivity index (χ0) is 22.3. The maximum absolute atomic E-state index is 13.5. The minimum absolute atomic E-state index is 0.0884. The molecule has 5 nitrogen and oxygen atoms in total. The Balaban J connectivity index is 1.65. The van der Waals surface area contributed by atoms with E-state index in [-0.39, 0.29) is 17.3 Å². The molecule has 3 rings (SSSR count). The number of nitrogens with zero attached hydrogens (tertiary/aromatic N) is 2. The summed E-state index contributed by atoms with van der Waals surface area (Å²) in [6.07, 6.45) is 0.872. The SMILES string of the molecule is CC(C)(C)c1ccc(CN(CCCN2CCOCC2)C(=O)Nc2cccc(F)c2)cc1. The number of halogens is 1. The van der Waals surface area contributed by atoms with Crippen molar-refractivity contribution >= 4 is 11.7 Å². The van der Waals surface area contributed by atoms with E-state index >= 15 is 0 Å². The summed E-state index contributed by atoms with van der Waals surface area (Å²) in [5.41, 5.74) is 2.89. The first-order chi connectivity index (χ1) is 14.8. The number of anilines is 1. The van der Waals surface area contributed by atoms with Gasteiger partial charge < -0.3 is 15.0 Å². The van der Waals surface area contributed by atoms with Crippen molar-refractivity contribution in [3.05, 3.63) is 65.5 Å². The van der Waals surface area contributed by atoms with E-state index in [1.54, 1.807) is 17.0 Å². The van der Waals surface area contributed by atoms with Crippen molar-refractivity contribution in [2.45, 2.75) is 39.2 Å². The zero-order valence-corrected chi connectivity index (χ0v) is 18.9. The van der Waals surface area contributed by atoms with Gasteiger partial charge in [0, 0.05) is 38.4 Å². The Hall–Kier alpha value is -2.44. The van der Waals surface area contributed by atoms with E-state index in [1.165, 1.54) is 17.7 Å². The Bertz CT molecular complexity index is 843. The van der Waals surface area contributed by atoms with E-state index in [1.807, 2.05) is 0 Å². The van der Waals surface area contributed by atoms with Gasteiger partial charge >= 0.3 is 6.03 Å². The molecule has 2 amide bonds. The highest BCUT2D eigenvalue weighted by Crippen LogP contribution is 2.23. The first-order valence-electron chi connectivity index (χ1n) is 11.0. The van der Waals surface area contributed by atoms with Gasteiger partial charge in [-0.1, -0.05) is 51.1 Å². The van der Waals surface area contributed by atoms with Crippen molar-refractivity contribution in [2.24, 2.45) is 0 Å². The topological polar surface area (TPSA) is 44.8 Å². The molecule has 0 bridgehead atoms. The van der Waals surface area contributed by atoms with Crippen LogP contribution < -0.4 is 5.32 Å². The summed E-state index contributed by atoms with van der Waals surface area (Å²) in [5, 5.41) is 2.84. The molecule has 1 heterocycles. The maximum atomic E-state index is 13.5. The lowest BCUT2D eigenvalue weighted by molar-refractivity contribution is 0.0365. The number of morpholine rings is 1. The highest BCUT2D eigenvalue weighted by atomic mass is 19.1. The number of amides is 2. The Morgan fingerprint density at radius 2 is 1.84 bits per heavy atom. The molecule has 0 aliphatic carbocycles. The lowest BCUT2D eigenvalue weighted by Crippen LogP contribution is -2.40. The van der Waals surface area contributed by atoms with Gasteiger partial charge in [0.2, 0.25) is 0 Å². The molecule has 1 aliphatic rings. The Kier molecular flexibility index (Phi) is 8.04. The number of urea groups is 1. The highest BCUT2D eigenvalue weighted by Gasteiger charge is 2.18. The second kappa shape index (κ2) is 10.7. The summed E-state index contributed by atoms with van der Waals surface area (Å²) < 4.78 is 18.9. The summed E-state index contributed by atoms with van der Waals surface area (Å²) in [4.78, 5) is 17.2. The Morgan fingerprint density at radius 3 is 2.48 bits per heavy atom. The fourth-order valence-corrected chi connectivity index (χ4v) is 3.66. The van der Waals surface area contributed by atoms with Crippen molar-refractivity contribution in [3.8, 4) is 0 Å². The zero-order valence-electron chi connectivity index (χ0n) is 18.9. The van der Waals surface area contributed by atoms with Gasteiger partial charge in [-0.05, 0) is 41.2 Å². The molecule has 0 spiro atoms.